The summed E-state index contributed by atoms with van der Waals surface area (Å²) in [6, 6.07) is 9.59. The number of rotatable bonds is 7. The number of hydrogen-bond acceptors (Lipinski definition) is 6. The predicted molar refractivity (Wildman–Crippen MR) is 90.7 cm³/mol. The fourth-order valence-electron chi connectivity index (χ4n) is 1.89. The van der Waals surface area contributed by atoms with E-state index in [1.165, 1.54) is 12.3 Å². The van der Waals surface area contributed by atoms with Crippen molar-refractivity contribution in [3.63, 3.8) is 0 Å². The first kappa shape index (κ1) is 17.6. The number of phenols is 1. The van der Waals surface area contributed by atoms with Crippen LogP contribution in [0.15, 0.2) is 41.4 Å². The highest BCUT2D eigenvalue weighted by atomic mass is 35.5. The fourth-order valence-corrected chi connectivity index (χ4v) is 2.11. The van der Waals surface area contributed by atoms with Gasteiger partial charge in [-0.3, -0.25) is 15.1 Å². The quantitative estimate of drug-likeness (QED) is 0.357. The maximum atomic E-state index is 10.8. The number of ether oxygens (including phenoxy) is 2. The summed E-state index contributed by atoms with van der Waals surface area (Å²) in [5.41, 5.74) is -0.280. The van der Waals surface area contributed by atoms with Crippen LogP contribution in [-0.4, -0.2) is 36.5 Å². The van der Waals surface area contributed by atoms with Crippen molar-refractivity contribution >= 4 is 23.5 Å². The Kier molecular flexibility index (Phi) is 5.97. The maximum absolute atomic E-state index is 10.8. The standard InChI is InChI=1S/C16H15ClN2O5/c1-23-13-2-4-14(5-3-13)24-7-6-18-10-11-8-12(17)9-15(16(11)20)19(21)22/h2-5,8-10,20H,6-7H2,1H3. The van der Waals surface area contributed by atoms with Gasteiger partial charge in [-0.25, -0.2) is 0 Å². The lowest BCUT2D eigenvalue weighted by atomic mass is 10.2. The van der Waals surface area contributed by atoms with E-state index in [2.05, 4.69) is 4.99 Å². The van der Waals surface area contributed by atoms with Crippen LogP contribution in [-0.2, 0) is 0 Å². The fraction of sp³-hybridized carbons (Fsp3) is 0.188. The van der Waals surface area contributed by atoms with Gasteiger partial charge in [0, 0.05) is 22.9 Å². The molecule has 7 nitrogen and oxygen atoms in total. The second kappa shape index (κ2) is 8.16. The van der Waals surface area contributed by atoms with Crippen LogP contribution in [0.4, 0.5) is 5.69 Å². The summed E-state index contributed by atoms with van der Waals surface area (Å²) in [7, 11) is 1.58. The number of benzene rings is 2. The molecule has 8 heteroatoms. The number of phenolic OH excluding ortho intramolecular Hbond substituents is 1. The van der Waals surface area contributed by atoms with Gasteiger partial charge in [-0.2, -0.15) is 0 Å². The molecule has 0 bridgehead atoms. The molecule has 2 aromatic carbocycles. The molecule has 0 atom stereocenters. The Hall–Kier alpha value is -2.80. The molecule has 0 amide bonds. The minimum absolute atomic E-state index is 0.149. The highest BCUT2D eigenvalue weighted by molar-refractivity contribution is 6.31. The van der Waals surface area contributed by atoms with Crippen molar-refractivity contribution in [2.24, 2.45) is 4.99 Å². The van der Waals surface area contributed by atoms with Gasteiger partial charge in [0.05, 0.1) is 18.6 Å². The Morgan fingerprint density at radius 1 is 1.29 bits per heavy atom. The van der Waals surface area contributed by atoms with E-state index in [1.54, 1.807) is 31.4 Å². The van der Waals surface area contributed by atoms with Gasteiger partial charge in [-0.1, -0.05) is 11.6 Å². The van der Waals surface area contributed by atoms with E-state index in [-0.39, 0.29) is 10.6 Å². The average molecular weight is 351 g/mol. The van der Waals surface area contributed by atoms with E-state index >= 15 is 0 Å². The molecule has 0 saturated carbocycles. The van der Waals surface area contributed by atoms with Gasteiger partial charge in [0.15, 0.2) is 0 Å². The summed E-state index contributed by atoms with van der Waals surface area (Å²) in [5, 5.41) is 20.8. The average Bonchev–Trinajstić information content (AvgIpc) is 2.57. The number of aromatic hydroxyl groups is 1. The van der Waals surface area contributed by atoms with Crippen LogP contribution in [0, 0.1) is 10.1 Å². The molecule has 0 aliphatic carbocycles. The minimum atomic E-state index is -0.703. The van der Waals surface area contributed by atoms with Crippen LogP contribution in [0.2, 0.25) is 5.02 Å². The largest absolute Gasteiger partial charge is 0.502 e. The van der Waals surface area contributed by atoms with Gasteiger partial charge >= 0.3 is 5.69 Å². The molecule has 0 aromatic heterocycles. The van der Waals surface area contributed by atoms with Gasteiger partial charge in [-0.05, 0) is 30.3 Å². The number of nitro groups is 1. The molecular weight excluding hydrogens is 336 g/mol. The summed E-state index contributed by atoms with van der Waals surface area (Å²) in [4.78, 5) is 14.2. The third kappa shape index (κ3) is 4.60. The van der Waals surface area contributed by atoms with Crippen molar-refractivity contribution in [1.82, 2.24) is 0 Å². The number of methoxy groups -OCH3 is 1. The molecule has 1 N–H and O–H groups in total. The Labute approximate surface area is 143 Å². The van der Waals surface area contributed by atoms with Gasteiger partial charge in [0.25, 0.3) is 0 Å². The molecule has 0 spiro atoms. The Morgan fingerprint density at radius 2 is 1.96 bits per heavy atom. The number of nitrogens with zero attached hydrogens (tertiary/aromatic N) is 2. The zero-order chi connectivity index (χ0) is 17.5. The van der Waals surface area contributed by atoms with Crippen LogP contribution in [0.5, 0.6) is 17.2 Å². The first-order valence-corrected chi connectivity index (χ1v) is 7.32. The summed E-state index contributed by atoms with van der Waals surface area (Å²) in [6.07, 6.45) is 1.32. The first-order valence-electron chi connectivity index (χ1n) is 6.95. The van der Waals surface area contributed by atoms with Gasteiger partial charge in [-0.15, -0.1) is 0 Å². The molecule has 0 radical (unpaired) electrons. The lowest BCUT2D eigenvalue weighted by molar-refractivity contribution is -0.385. The van der Waals surface area contributed by atoms with Crippen LogP contribution in [0.25, 0.3) is 0 Å². The minimum Gasteiger partial charge on any atom is -0.502 e. The molecule has 0 fully saturated rings. The van der Waals surface area contributed by atoms with E-state index in [9.17, 15) is 15.2 Å². The van der Waals surface area contributed by atoms with Crippen LogP contribution < -0.4 is 9.47 Å². The number of aliphatic imine (C=N–C) groups is 1. The van der Waals surface area contributed by atoms with Crippen LogP contribution in [0.1, 0.15) is 5.56 Å². The second-order valence-corrected chi connectivity index (χ2v) is 5.12. The highest BCUT2D eigenvalue weighted by Crippen LogP contribution is 2.32. The van der Waals surface area contributed by atoms with Gasteiger partial charge in [0.2, 0.25) is 5.75 Å². The summed E-state index contributed by atoms with van der Waals surface area (Å²) in [5.74, 6) is 0.940. The molecular formula is C16H15ClN2O5. The SMILES string of the molecule is COc1ccc(OCCN=Cc2cc(Cl)cc([N+](=O)[O-])c2O)cc1. The topological polar surface area (TPSA) is 94.2 Å². The molecule has 0 aliphatic rings. The summed E-state index contributed by atoms with van der Waals surface area (Å²) >= 11 is 5.80. The van der Waals surface area contributed by atoms with E-state index < -0.39 is 16.4 Å². The molecule has 126 valence electrons. The summed E-state index contributed by atoms with van der Waals surface area (Å²) in [6.45, 7) is 0.623. The Balaban J connectivity index is 1.93. The Bertz CT molecular complexity index is 747. The van der Waals surface area contributed by atoms with Crippen molar-refractivity contribution in [3.8, 4) is 17.2 Å². The zero-order valence-electron chi connectivity index (χ0n) is 12.8. The van der Waals surface area contributed by atoms with E-state index in [4.69, 9.17) is 21.1 Å². The third-order valence-corrected chi connectivity index (χ3v) is 3.28. The van der Waals surface area contributed by atoms with Gasteiger partial charge < -0.3 is 14.6 Å². The maximum Gasteiger partial charge on any atom is 0.312 e. The molecule has 0 heterocycles. The molecule has 2 aromatic rings. The monoisotopic (exact) mass is 350 g/mol. The molecule has 0 unspecified atom stereocenters. The number of hydrogen-bond donors (Lipinski definition) is 1. The van der Waals surface area contributed by atoms with Crippen LogP contribution in [0.3, 0.4) is 0 Å². The number of nitro benzene ring substituents is 1. The summed E-state index contributed by atoms with van der Waals surface area (Å²) < 4.78 is 10.5. The first-order chi connectivity index (χ1) is 11.5. The van der Waals surface area contributed by atoms with E-state index in [1.807, 2.05) is 0 Å². The molecule has 2 rings (SSSR count). The van der Waals surface area contributed by atoms with E-state index in [0.717, 1.165) is 11.8 Å². The van der Waals surface area contributed by atoms with Crippen molar-refractivity contribution in [2.75, 3.05) is 20.3 Å². The lowest BCUT2D eigenvalue weighted by Crippen LogP contribution is -2.01. The number of halogens is 1. The third-order valence-electron chi connectivity index (χ3n) is 3.06. The van der Waals surface area contributed by atoms with Crippen molar-refractivity contribution in [1.29, 1.82) is 0 Å². The highest BCUT2D eigenvalue weighted by Gasteiger charge is 2.17. The zero-order valence-corrected chi connectivity index (χ0v) is 13.6. The van der Waals surface area contributed by atoms with E-state index in [0.29, 0.717) is 18.9 Å². The van der Waals surface area contributed by atoms with Crippen LogP contribution >= 0.6 is 11.6 Å². The molecule has 24 heavy (non-hydrogen) atoms. The predicted octanol–water partition coefficient (Wildman–Crippen LogP) is 3.46. The lowest BCUT2D eigenvalue weighted by Gasteiger charge is -2.05. The van der Waals surface area contributed by atoms with Crippen molar-refractivity contribution in [3.05, 3.63) is 57.1 Å². The van der Waals surface area contributed by atoms with Gasteiger partial charge in [0.1, 0.15) is 18.1 Å². The smallest absolute Gasteiger partial charge is 0.312 e. The van der Waals surface area contributed by atoms with Crippen molar-refractivity contribution < 1.29 is 19.5 Å². The molecule has 0 saturated heterocycles. The Morgan fingerprint density at radius 3 is 2.58 bits per heavy atom. The normalized spacial score (nSPS) is 10.8. The molecule has 0 aliphatic heterocycles. The van der Waals surface area contributed by atoms with Crippen molar-refractivity contribution in [2.45, 2.75) is 0 Å². The second-order valence-electron chi connectivity index (χ2n) is 4.68.